The van der Waals surface area contributed by atoms with Crippen molar-refractivity contribution in [3.05, 3.63) is 71.0 Å². The van der Waals surface area contributed by atoms with E-state index >= 15 is 0 Å². The highest BCUT2D eigenvalue weighted by molar-refractivity contribution is 5.77. The summed E-state index contributed by atoms with van der Waals surface area (Å²) in [5.41, 5.74) is 5.56. The van der Waals surface area contributed by atoms with Crippen LogP contribution in [0.25, 0.3) is 0 Å². The first kappa shape index (κ1) is 17.9. The van der Waals surface area contributed by atoms with Gasteiger partial charge in [-0.05, 0) is 35.4 Å². The van der Waals surface area contributed by atoms with Crippen LogP contribution in [-0.4, -0.2) is 17.6 Å². The summed E-state index contributed by atoms with van der Waals surface area (Å²) in [5, 5.41) is 9.51. The molecule has 0 fully saturated rings. The molecule has 0 aliphatic carbocycles. The lowest BCUT2D eigenvalue weighted by Crippen LogP contribution is -2.26. The molecule has 0 aliphatic heterocycles. The van der Waals surface area contributed by atoms with E-state index in [4.69, 9.17) is 5.73 Å². The molecule has 0 spiro atoms. The Bertz CT molecular complexity index is 696. The van der Waals surface area contributed by atoms with Gasteiger partial charge in [0.25, 0.3) is 0 Å². The Labute approximate surface area is 135 Å². The van der Waals surface area contributed by atoms with Gasteiger partial charge in [0.1, 0.15) is 5.82 Å². The van der Waals surface area contributed by atoms with Crippen molar-refractivity contribution in [3.8, 4) is 0 Å². The van der Waals surface area contributed by atoms with Gasteiger partial charge in [-0.2, -0.15) is 13.2 Å². The maximum absolute atomic E-state index is 13.0. The molecule has 2 unspecified atom stereocenters. The van der Waals surface area contributed by atoms with Crippen molar-refractivity contribution in [2.75, 3.05) is 6.54 Å². The van der Waals surface area contributed by atoms with Crippen molar-refractivity contribution in [3.63, 3.8) is 0 Å². The van der Waals surface area contributed by atoms with Crippen molar-refractivity contribution in [2.45, 2.75) is 18.0 Å². The molecule has 7 heteroatoms. The summed E-state index contributed by atoms with van der Waals surface area (Å²) in [7, 11) is 0. The molecule has 24 heavy (non-hydrogen) atoms. The molecule has 3 nitrogen and oxygen atoms in total. The first-order chi connectivity index (χ1) is 11.2. The van der Waals surface area contributed by atoms with Crippen LogP contribution in [0.4, 0.5) is 17.6 Å². The smallest absolute Gasteiger partial charge is 0.416 e. The van der Waals surface area contributed by atoms with Crippen LogP contribution < -0.4 is 5.73 Å². The zero-order valence-corrected chi connectivity index (χ0v) is 12.4. The van der Waals surface area contributed by atoms with E-state index in [0.29, 0.717) is 11.1 Å². The van der Waals surface area contributed by atoms with E-state index in [2.05, 4.69) is 0 Å². The molecule has 3 N–H and O–H groups in total. The second-order valence-corrected chi connectivity index (χ2v) is 5.33. The molecule has 0 amide bonds. The first-order valence-electron chi connectivity index (χ1n) is 7.09. The summed E-state index contributed by atoms with van der Waals surface area (Å²) >= 11 is 0. The molecule has 128 valence electrons. The SMILES string of the molecule is NCC(c1ccc(C(F)(F)F)cc1)C(C(=O)O)c1ccc(F)cc1. The molecule has 0 radical (unpaired) electrons. The van der Waals surface area contributed by atoms with Crippen LogP contribution in [0.1, 0.15) is 28.5 Å². The lowest BCUT2D eigenvalue weighted by Gasteiger charge is -2.24. The molecule has 0 bridgehead atoms. The number of benzene rings is 2. The summed E-state index contributed by atoms with van der Waals surface area (Å²) < 4.78 is 50.9. The normalized spacial score (nSPS) is 14.2. The topological polar surface area (TPSA) is 63.3 Å². The lowest BCUT2D eigenvalue weighted by molar-refractivity contribution is -0.139. The number of alkyl halides is 3. The lowest BCUT2D eigenvalue weighted by atomic mass is 9.81. The third-order valence-corrected chi connectivity index (χ3v) is 3.82. The molecule has 2 aromatic rings. The number of hydrogen-bond acceptors (Lipinski definition) is 2. The van der Waals surface area contributed by atoms with E-state index in [-0.39, 0.29) is 6.54 Å². The second-order valence-electron chi connectivity index (χ2n) is 5.33. The van der Waals surface area contributed by atoms with Crippen LogP contribution in [0.3, 0.4) is 0 Å². The number of carbonyl (C=O) groups is 1. The Morgan fingerprint density at radius 1 is 1.00 bits per heavy atom. The molecular formula is C17H15F4NO2. The number of nitrogens with two attached hydrogens (primary N) is 1. The van der Waals surface area contributed by atoms with Gasteiger partial charge in [0.15, 0.2) is 0 Å². The zero-order valence-electron chi connectivity index (χ0n) is 12.4. The minimum atomic E-state index is -4.47. The molecular weight excluding hydrogens is 326 g/mol. The number of hydrogen-bond donors (Lipinski definition) is 2. The van der Waals surface area contributed by atoms with Crippen molar-refractivity contribution in [2.24, 2.45) is 5.73 Å². The number of aliphatic carboxylic acids is 1. The van der Waals surface area contributed by atoms with Crippen LogP contribution in [0.15, 0.2) is 48.5 Å². The van der Waals surface area contributed by atoms with Crippen LogP contribution in [-0.2, 0) is 11.0 Å². The van der Waals surface area contributed by atoms with E-state index < -0.39 is 35.4 Å². The van der Waals surface area contributed by atoms with Crippen LogP contribution in [0, 0.1) is 5.82 Å². The van der Waals surface area contributed by atoms with Crippen LogP contribution >= 0.6 is 0 Å². The fraction of sp³-hybridized carbons (Fsp3) is 0.235. The molecule has 0 saturated heterocycles. The summed E-state index contributed by atoms with van der Waals surface area (Å²) in [6.45, 7) is -0.0836. The molecule has 2 atom stereocenters. The third-order valence-electron chi connectivity index (χ3n) is 3.82. The van der Waals surface area contributed by atoms with Gasteiger partial charge in [0, 0.05) is 12.5 Å². The summed E-state index contributed by atoms with van der Waals surface area (Å²) in [6, 6.07) is 9.15. The highest BCUT2D eigenvalue weighted by Gasteiger charge is 2.33. The molecule has 0 saturated carbocycles. The fourth-order valence-electron chi connectivity index (χ4n) is 2.60. The van der Waals surface area contributed by atoms with Gasteiger partial charge in [-0.25, -0.2) is 4.39 Å². The van der Waals surface area contributed by atoms with Gasteiger partial charge in [-0.1, -0.05) is 24.3 Å². The highest BCUT2D eigenvalue weighted by Crippen LogP contribution is 2.35. The van der Waals surface area contributed by atoms with Gasteiger partial charge in [-0.15, -0.1) is 0 Å². The van der Waals surface area contributed by atoms with E-state index in [9.17, 15) is 27.5 Å². The van der Waals surface area contributed by atoms with Crippen molar-refractivity contribution < 1.29 is 27.5 Å². The minimum Gasteiger partial charge on any atom is -0.481 e. The number of carboxylic acids is 1. The van der Waals surface area contributed by atoms with Crippen molar-refractivity contribution in [1.82, 2.24) is 0 Å². The average molecular weight is 341 g/mol. The standard InChI is InChI=1S/C17H15F4NO2/c18-13-7-3-11(4-8-13)15(16(23)24)14(9-22)10-1-5-12(6-2-10)17(19,20)21/h1-8,14-15H,9,22H2,(H,23,24). The predicted molar refractivity (Wildman–Crippen MR) is 80.0 cm³/mol. The quantitative estimate of drug-likeness (QED) is 0.814. The van der Waals surface area contributed by atoms with E-state index in [1.165, 1.54) is 24.3 Å². The Hall–Kier alpha value is -2.41. The van der Waals surface area contributed by atoms with E-state index in [1.54, 1.807) is 0 Å². The van der Waals surface area contributed by atoms with Gasteiger partial charge in [0.2, 0.25) is 0 Å². The summed E-state index contributed by atoms with van der Waals surface area (Å²) in [5.74, 6) is -3.53. The number of rotatable bonds is 5. The van der Waals surface area contributed by atoms with Crippen molar-refractivity contribution >= 4 is 5.97 Å². The number of halogens is 4. The number of carboxylic acid groups (broad SMARTS) is 1. The van der Waals surface area contributed by atoms with E-state index in [0.717, 1.165) is 24.3 Å². The Balaban J connectivity index is 2.39. The summed E-state index contributed by atoms with van der Waals surface area (Å²) in [6.07, 6.45) is -4.47. The first-order valence-corrected chi connectivity index (χ1v) is 7.09. The fourth-order valence-corrected chi connectivity index (χ4v) is 2.60. The van der Waals surface area contributed by atoms with Gasteiger partial charge in [0.05, 0.1) is 11.5 Å². The second kappa shape index (κ2) is 7.00. The zero-order chi connectivity index (χ0) is 17.9. The largest absolute Gasteiger partial charge is 0.481 e. The van der Waals surface area contributed by atoms with Crippen LogP contribution in [0.5, 0.6) is 0 Å². The maximum atomic E-state index is 13.0. The Kier molecular flexibility index (Phi) is 5.23. The predicted octanol–water partition coefficient (Wildman–Crippen LogP) is 3.76. The van der Waals surface area contributed by atoms with Gasteiger partial charge in [-0.3, -0.25) is 4.79 Å². The van der Waals surface area contributed by atoms with Crippen LogP contribution in [0.2, 0.25) is 0 Å². The molecule has 0 aromatic heterocycles. The Morgan fingerprint density at radius 3 is 1.92 bits per heavy atom. The van der Waals surface area contributed by atoms with Crippen molar-refractivity contribution in [1.29, 1.82) is 0 Å². The van der Waals surface area contributed by atoms with Gasteiger partial charge < -0.3 is 10.8 Å². The molecule has 2 rings (SSSR count). The summed E-state index contributed by atoms with van der Waals surface area (Å²) in [4.78, 5) is 11.7. The maximum Gasteiger partial charge on any atom is 0.416 e. The van der Waals surface area contributed by atoms with E-state index in [1.807, 2.05) is 0 Å². The Morgan fingerprint density at radius 2 is 1.50 bits per heavy atom. The third kappa shape index (κ3) is 3.91. The van der Waals surface area contributed by atoms with Gasteiger partial charge >= 0.3 is 12.1 Å². The molecule has 0 heterocycles. The highest BCUT2D eigenvalue weighted by atomic mass is 19.4. The average Bonchev–Trinajstić information content (AvgIpc) is 2.52. The molecule has 2 aromatic carbocycles. The molecule has 0 aliphatic rings. The minimum absolute atomic E-state index is 0.0836. The monoisotopic (exact) mass is 341 g/mol.